The minimum Gasteiger partial charge on any atom is -0.334 e. The Hall–Kier alpha value is -2.76. The van der Waals surface area contributed by atoms with E-state index in [9.17, 15) is 4.79 Å². The van der Waals surface area contributed by atoms with Crippen LogP contribution in [0.15, 0.2) is 71.5 Å². The largest absolute Gasteiger partial charge is 0.334 e. The van der Waals surface area contributed by atoms with Crippen molar-refractivity contribution in [3.05, 3.63) is 88.5 Å². The van der Waals surface area contributed by atoms with Crippen molar-refractivity contribution in [2.75, 3.05) is 0 Å². The van der Waals surface area contributed by atoms with E-state index in [1.165, 1.54) is 5.56 Å². The molecule has 0 aliphatic carbocycles. The Morgan fingerprint density at radius 3 is 2.39 bits per heavy atom. The number of nitrogens with zero attached hydrogens (tertiary/aromatic N) is 1. The summed E-state index contributed by atoms with van der Waals surface area (Å²) in [6, 6.07) is 22.9. The number of benzene rings is 2. The van der Waals surface area contributed by atoms with E-state index in [-0.39, 0.29) is 5.56 Å². The van der Waals surface area contributed by atoms with Gasteiger partial charge in [-0.2, -0.15) is 0 Å². The van der Waals surface area contributed by atoms with Gasteiger partial charge in [0, 0.05) is 16.4 Å². The fourth-order valence-corrected chi connectivity index (χ4v) is 4.58. The highest BCUT2D eigenvalue weighted by molar-refractivity contribution is 7.21. The van der Waals surface area contributed by atoms with Gasteiger partial charge in [0.1, 0.15) is 17.4 Å². The van der Waals surface area contributed by atoms with Gasteiger partial charge >= 0.3 is 0 Å². The van der Waals surface area contributed by atoms with Crippen LogP contribution in [0.25, 0.3) is 20.7 Å². The van der Waals surface area contributed by atoms with E-state index in [2.05, 4.69) is 60.5 Å². The lowest BCUT2D eigenvalue weighted by Gasteiger charge is -2.19. The Labute approximate surface area is 168 Å². The molecule has 0 radical (unpaired) electrons. The molecule has 142 valence electrons. The minimum atomic E-state index is -0.0624. The molecule has 0 aliphatic rings. The van der Waals surface area contributed by atoms with Crippen LogP contribution in [-0.2, 0) is 6.54 Å². The smallest absolute Gasteiger partial charge is 0.259 e. The van der Waals surface area contributed by atoms with Gasteiger partial charge in [-0.3, -0.25) is 4.79 Å². The van der Waals surface area contributed by atoms with Crippen LogP contribution in [0.4, 0.5) is 0 Å². The Morgan fingerprint density at radius 1 is 1.04 bits per heavy atom. The number of nitrogens with two attached hydrogens (primary N) is 1. The second-order valence-corrected chi connectivity index (χ2v) is 8.36. The SMILES string of the molecule is CC(C)[C@@H]([NH2+]Cc1nc2sc(-c3ccccc3)cc2c(=O)[nH]1)c1ccccc1. The van der Waals surface area contributed by atoms with Gasteiger partial charge in [0.05, 0.1) is 5.39 Å². The first kappa shape index (κ1) is 18.6. The summed E-state index contributed by atoms with van der Waals surface area (Å²) in [5, 5.41) is 2.92. The number of rotatable bonds is 6. The van der Waals surface area contributed by atoms with Gasteiger partial charge in [-0.05, 0) is 11.6 Å². The molecule has 1 atom stereocenters. The summed E-state index contributed by atoms with van der Waals surface area (Å²) in [5.74, 6) is 1.20. The van der Waals surface area contributed by atoms with E-state index in [0.717, 1.165) is 21.1 Å². The molecule has 0 fully saturated rings. The lowest BCUT2D eigenvalue weighted by molar-refractivity contribution is -0.718. The highest BCUT2D eigenvalue weighted by Crippen LogP contribution is 2.30. The lowest BCUT2D eigenvalue weighted by atomic mass is 9.96. The van der Waals surface area contributed by atoms with E-state index < -0.39 is 0 Å². The minimum absolute atomic E-state index is 0.0624. The zero-order valence-corrected chi connectivity index (χ0v) is 16.9. The van der Waals surface area contributed by atoms with Crippen molar-refractivity contribution in [3.8, 4) is 10.4 Å². The molecule has 0 amide bonds. The summed E-state index contributed by atoms with van der Waals surface area (Å²) in [4.78, 5) is 22.2. The first-order chi connectivity index (χ1) is 13.6. The molecule has 5 heteroatoms. The zero-order valence-electron chi connectivity index (χ0n) is 16.1. The van der Waals surface area contributed by atoms with E-state index in [4.69, 9.17) is 4.98 Å². The number of hydrogen-bond acceptors (Lipinski definition) is 3. The van der Waals surface area contributed by atoms with E-state index >= 15 is 0 Å². The van der Waals surface area contributed by atoms with Gasteiger partial charge in [-0.25, -0.2) is 4.98 Å². The average molecular weight is 391 g/mol. The number of hydrogen-bond donors (Lipinski definition) is 2. The molecule has 0 saturated carbocycles. The first-order valence-electron chi connectivity index (χ1n) is 9.58. The predicted octanol–water partition coefficient (Wildman–Crippen LogP) is 4.11. The molecular formula is C23H24N3OS+. The molecule has 0 spiro atoms. The number of nitrogens with one attached hydrogen (secondary N) is 1. The number of aromatic nitrogens is 2. The molecular weight excluding hydrogens is 366 g/mol. The van der Waals surface area contributed by atoms with Crippen molar-refractivity contribution >= 4 is 21.6 Å². The van der Waals surface area contributed by atoms with E-state index in [1.54, 1.807) is 11.3 Å². The second-order valence-electron chi connectivity index (χ2n) is 7.33. The van der Waals surface area contributed by atoms with Crippen molar-refractivity contribution in [2.45, 2.75) is 26.4 Å². The van der Waals surface area contributed by atoms with Gasteiger partial charge in [0.2, 0.25) is 0 Å². The Morgan fingerprint density at radius 2 is 1.71 bits per heavy atom. The van der Waals surface area contributed by atoms with Crippen LogP contribution >= 0.6 is 11.3 Å². The van der Waals surface area contributed by atoms with Crippen molar-refractivity contribution in [1.82, 2.24) is 9.97 Å². The number of aromatic amines is 1. The third kappa shape index (κ3) is 3.91. The van der Waals surface area contributed by atoms with Crippen molar-refractivity contribution < 1.29 is 5.32 Å². The summed E-state index contributed by atoms with van der Waals surface area (Å²) in [6.07, 6.45) is 0. The maximum absolute atomic E-state index is 12.6. The molecule has 2 aromatic heterocycles. The van der Waals surface area contributed by atoms with Gasteiger partial charge in [0.25, 0.3) is 5.56 Å². The molecule has 2 heterocycles. The van der Waals surface area contributed by atoms with Gasteiger partial charge in [-0.15, -0.1) is 11.3 Å². The van der Waals surface area contributed by atoms with Crippen LogP contribution in [0, 0.1) is 5.92 Å². The van der Waals surface area contributed by atoms with Crippen molar-refractivity contribution in [1.29, 1.82) is 0 Å². The summed E-state index contributed by atoms with van der Waals surface area (Å²) in [7, 11) is 0. The highest BCUT2D eigenvalue weighted by atomic mass is 32.1. The van der Waals surface area contributed by atoms with Crippen LogP contribution in [0.2, 0.25) is 0 Å². The van der Waals surface area contributed by atoms with Crippen LogP contribution < -0.4 is 10.9 Å². The fraction of sp³-hybridized carbons (Fsp3) is 0.217. The lowest BCUT2D eigenvalue weighted by Crippen LogP contribution is -2.85. The predicted molar refractivity (Wildman–Crippen MR) is 115 cm³/mol. The summed E-state index contributed by atoms with van der Waals surface area (Å²) in [6.45, 7) is 5.08. The molecule has 4 rings (SSSR count). The monoisotopic (exact) mass is 390 g/mol. The second kappa shape index (κ2) is 8.09. The highest BCUT2D eigenvalue weighted by Gasteiger charge is 2.19. The van der Waals surface area contributed by atoms with E-state index in [0.29, 0.717) is 23.9 Å². The molecule has 2 aromatic carbocycles. The van der Waals surface area contributed by atoms with Crippen LogP contribution in [0.1, 0.15) is 31.3 Å². The maximum Gasteiger partial charge on any atom is 0.259 e. The molecule has 0 unspecified atom stereocenters. The Balaban J connectivity index is 1.60. The molecule has 0 bridgehead atoms. The van der Waals surface area contributed by atoms with Crippen LogP contribution in [0.3, 0.4) is 0 Å². The van der Waals surface area contributed by atoms with Crippen LogP contribution in [0.5, 0.6) is 0 Å². The summed E-state index contributed by atoms with van der Waals surface area (Å²) < 4.78 is 0. The van der Waals surface area contributed by atoms with Crippen molar-refractivity contribution in [3.63, 3.8) is 0 Å². The maximum atomic E-state index is 12.6. The standard InChI is InChI=1S/C23H23N3OS/c1-15(2)21(17-11-7-4-8-12-17)24-14-20-25-22(27)18-13-19(28-23(18)26-20)16-9-5-3-6-10-16/h3-13,15,21,24H,14H2,1-2H3,(H,25,26,27)/p+1/t21-/m1/s1. The molecule has 0 aliphatic heterocycles. The fourth-order valence-electron chi connectivity index (χ4n) is 3.52. The zero-order chi connectivity index (χ0) is 19.5. The van der Waals surface area contributed by atoms with Gasteiger partial charge in [-0.1, -0.05) is 74.5 Å². The third-order valence-electron chi connectivity index (χ3n) is 4.98. The molecule has 4 aromatic rings. The molecule has 0 saturated heterocycles. The molecule has 3 N–H and O–H groups in total. The number of quaternary nitrogens is 1. The van der Waals surface area contributed by atoms with Gasteiger partial charge < -0.3 is 10.3 Å². The third-order valence-corrected chi connectivity index (χ3v) is 6.06. The quantitative estimate of drug-likeness (QED) is 0.520. The Bertz CT molecular complexity index is 1120. The van der Waals surface area contributed by atoms with Crippen molar-refractivity contribution in [2.24, 2.45) is 5.92 Å². The average Bonchev–Trinajstić information content (AvgIpc) is 3.14. The molecule has 4 nitrogen and oxygen atoms in total. The summed E-state index contributed by atoms with van der Waals surface area (Å²) >= 11 is 1.57. The number of H-pyrrole nitrogens is 1. The van der Waals surface area contributed by atoms with Crippen LogP contribution in [-0.4, -0.2) is 9.97 Å². The topological polar surface area (TPSA) is 62.4 Å². The normalized spacial score (nSPS) is 12.5. The first-order valence-corrected chi connectivity index (χ1v) is 10.4. The Kier molecular flexibility index (Phi) is 5.37. The number of thiophene rings is 1. The number of fused-ring (bicyclic) bond motifs is 1. The summed E-state index contributed by atoms with van der Waals surface area (Å²) in [5.41, 5.74) is 2.35. The molecule has 28 heavy (non-hydrogen) atoms. The van der Waals surface area contributed by atoms with Gasteiger partial charge in [0.15, 0.2) is 5.82 Å². The van der Waals surface area contributed by atoms with E-state index in [1.807, 2.05) is 30.3 Å².